The molecule has 0 spiro atoms. The van der Waals surface area contributed by atoms with Crippen molar-refractivity contribution in [1.82, 2.24) is 0 Å². The highest BCUT2D eigenvalue weighted by molar-refractivity contribution is 6.69. The van der Waals surface area contributed by atoms with E-state index in [0.29, 0.717) is 0 Å². The molecule has 0 aliphatic rings. The molecule has 0 aliphatic carbocycles. The van der Waals surface area contributed by atoms with Gasteiger partial charge in [-0.3, -0.25) is 0 Å². The van der Waals surface area contributed by atoms with Crippen LogP contribution in [0.5, 0.6) is 0 Å². The van der Waals surface area contributed by atoms with Crippen LogP contribution in [0.2, 0.25) is 19.6 Å². The Morgan fingerprint density at radius 3 is 2.06 bits per heavy atom. The Bertz CT molecular complexity index is 382. The zero-order valence-corrected chi connectivity index (χ0v) is 13.5. The minimum atomic E-state index is -1.52. The zero-order valence-electron chi connectivity index (χ0n) is 12.5. The van der Waals surface area contributed by atoms with Crippen LogP contribution in [0.4, 0.5) is 0 Å². The van der Waals surface area contributed by atoms with Crippen LogP contribution in [0.1, 0.15) is 26.3 Å². The molecule has 18 heavy (non-hydrogen) atoms. The average Bonchev–Trinajstić information content (AvgIpc) is 2.22. The van der Waals surface area contributed by atoms with Gasteiger partial charge < -0.3 is 4.43 Å². The first kappa shape index (κ1) is 15.2. The topological polar surface area (TPSA) is 9.23 Å². The number of rotatable bonds is 4. The standard InChI is InChI=1S/C16H26OSi/c1-16(2,3)15(17-18(4,5)6)13-12-14-10-8-7-9-11-14/h7-13,15H,1-6H3/b13-12+. The van der Waals surface area contributed by atoms with Gasteiger partial charge in [0.2, 0.25) is 0 Å². The van der Waals surface area contributed by atoms with E-state index in [1.54, 1.807) is 0 Å². The van der Waals surface area contributed by atoms with Crippen molar-refractivity contribution >= 4 is 14.4 Å². The number of benzene rings is 1. The van der Waals surface area contributed by atoms with Crippen molar-refractivity contribution in [2.24, 2.45) is 5.41 Å². The molecule has 0 fully saturated rings. The van der Waals surface area contributed by atoms with E-state index in [1.165, 1.54) is 5.56 Å². The predicted octanol–water partition coefficient (Wildman–Crippen LogP) is 4.97. The SMILES string of the molecule is CC(C)(C)C(/C=C/c1ccccc1)O[Si](C)(C)C. The fourth-order valence-corrected chi connectivity index (χ4v) is 2.84. The molecule has 0 saturated heterocycles. The molecule has 0 radical (unpaired) electrons. The second kappa shape index (κ2) is 5.85. The Hall–Kier alpha value is -0.863. The second-order valence-corrected chi connectivity index (χ2v) is 11.2. The third kappa shape index (κ3) is 5.65. The second-order valence-electron chi connectivity index (χ2n) is 6.79. The van der Waals surface area contributed by atoms with Crippen molar-refractivity contribution in [1.29, 1.82) is 0 Å². The Morgan fingerprint density at radius 2 is 1.61 bits per heavy atom. The molecule has 0 bridgehead atoms. The lowest BCUT2D eigenvalue weighted by atomic mass is 9.89. The van der Waals surface area contributed by atoms with E-state index in [0.717, 1.165) is 0 Å². The van der Waals surface area contributed by atoms with Gasteiger partial charge in [0.1, 0.15) is 0 Å². The third-order valence-electron chi connectivity index (χ3n) is 2.60. The van der Waals surface area contributed by atoms with Crippen LogP contribution in [0.15, 0.2) is 36.4 Å². The molecular formula is C16H26OSi. The van der Waals surface area contributed by atoms with Crippen LogP contribution in [-0.4, -0.2) is 14.4 Å². The minimum absolute atomic E-state index is 0.131. The van der Waals surface area contributed by atoms with Gasteiger partial charge in [-0.25, -0.2) is 0 Å². The third-order valence-corrected chi connectivity index (χ3v) is 3.56. The first-order valence-corrected chi connectivity index (χ1v) is 10.0. The predicted molar refractivity (Wildman–Crippen MR) is 83.2 cm³/mol. The van der Waals surface area contributed by atoms with E-state index in [-0.39, 0.29) is 11.5 Å². The lowest BCUT2D eigenvalue weighted by Crippen LogP contribution is -2.38. The molecule has 1 unspecified atom stereocenters. The molecule has 0 amide bonds. The van der Waals surface area contributed by atoms with E-state index in [9.17, 15) is 0 Å². The number of hydrogen-bond donors (Lipinski definition) is 0. The van der Waals surface area contributed by atoms with Crippen molar-refractivity contribution in [2.75, 3.05) is 0 Å². The number of hydrogen-bond acceptors (Lipinski definition) is 1. The molecule has 0 aromatic heterocycles. The van der Waals surface area contributed by atoms with Crippen LogP contribution in [-0.2, 0) is 4.43 Å². The molecule has 100 valence electrons. The van der Waals surface area contributed by atoms with Gasteiger partial charge in [0, 0.05) is 0 Å². The maximum Gasteiger partial charge on any atom is 0.184 e. The van der Waals surface area contributed by atoms with Crippen LogP contribution in [0.25, 0.3) is 6.08 Å². The van der Waals surface area contributed by atoms with Crippen LogP contribution in [0, 0.1) is 5.41 Å². The minimum Gasteiger partial charge on any atom is -0.411 e. The fraction of sp³-hybridized carbons (Fsp3) is 0.500. The summed E-state index contributed by atoms with van der Waals surface area (Å²) in [5.41, 5.74) is 1.36. The summed E-state index contributed by atoms with van der Waals surface area (Å²) in [4.78, 5) is 0. The summed E-state index contributed by atoms with van der Waals surface area (Å²) in [6.07, 6.45) is 4.54. The van der Waals surface area contributed by atoms with E-state index in [1.807, 2.05) is 6.07 Å². The summed E-state index contributed by atoms with van der Waals surface area (Å²) in [5.74, 6) is 0. The highest BCUT2D eigenvalue weighted by atomic mass is 28.4. The highest BCUT2D eigenvalue weighted by Gasteiger charge is 2.28. The Kier molecular flexibility index (Phi) is 4.94. The monoisotopic (exact) mass is 262 g/mol. The van der Waals surface area contributed by atoms with Gasteiger partial charge in [-0.1, -0.05) is 63.3 Å². The quantitative estimate of drug-likeness (QED) is 0.696. The molecule has 2 heteroatoms. The molecule has 0 N–H and O–H groups in total. The Labute approximate surface area is 113 Å². The zero-order chi connectivity index (χ0) is 13.8. The normalized spacial score (nSPS) is 15.0. The van der Waals surface area contributed by atoms with E-state index in [2.05, 4.69) is 76.8 Å². The molecule has 1 rings (SSSR count). The van der Waals surface area contributed by atoms with Crippen LogP contribution in [0.3, 0.4) is 0 Å². The maximum absolute atomic E-state index is 6.28. The van der Waals surface area contributed by atoms with E-state index >= 15 is 0 Å². The van der Waals surface area contributed by atoms with Crippen molar-refractivity contribution in [3.63, 3.8) is 0 Å². The largest absolute Gasteiger partial charge is 0.411 e. The molecule has 1 atom stereocenters. The average molecular weight is 262 g/mol. The summed E-state index contributed by atoms with van der Waals surface area (Å²) >= 11 is 0. The molecule has 0 aliphatic heterocycles. The maximum atomic E-state index is 6.28. The van der Waals surface area contributed by atoms with Crippen LogP contribution >= 0.6 is 0 Å². The van der Waals surface area contributed by atoms with Gasteiger partial charge >= 0.3 is 0 Å². The fourth-order valence-electron chi connectivity index (χ4n) is 1.65. The van der Waals surface area contributed by atoms with Gasteiger partial charge in [0.15, 0.2) is 8.32 Å². The van der Waals surface area contributed by atoms with Gasteiger partial charge in [-0.05, 0) is 30.6 Å². The van der Waals surface area contributed by atoms with Crippen molar-refractivity contribution in [3.05, 3.63) is 42.0 Å². The molecule has 1 aromatic carbocycles. The first-order chi connectivity index (χ1) is 8.18. The summed E-state index contributed by atoms with van der Waals surface area (Å²) in [6, 6.07) is 10.4. The smallest absolute Gasteiger partial charge is 0.184 e. The van der Waals surface area contributed by atoms with Gasteiger partial charge in [0.05, 0.1) is 6.10 Å². The van der Waals surface area contributed by atoms with E-state index < -0.39 is 8.32 Å². The Morgan fingerprint density at radius 1 is 1.06 bits per heavy atom. The molecule has 0 saturated carbocycles. The summed E-state index contributed by atoms with van der Waals surface area (Å²) in [5, 5.41) is 0. The van der Waals surface area contributed by atoms with Crippen molar-refractivity contribution in [3.8, 4) is 0 Å². The summed E-state index contributed by atoms with van der Waals surface area (Å²) < 4.78 is 6.28. The Balaban J connectivity index is 2.83. The van der Waals surface area contributed by atoms with Crippen LogP contribution < -0.4 is 0 Å². The summed E-state index contributed by atoms with van der Waals surface area (Å²) in [7, 11) is -1.52. The lowest BCUT2D eigenvalue weighted by molar-refractivity contribution is 0.122. The molecule has 1 nitrogen and oxygen atoms in total. The van der Waals surface area contributed by atoms with Gasteiger partial charge in [0.25, 0.3) is 0 Å². The highest BCUT2D eigenvalue weighted by Crippen LogP contribution is 2.27. The molecule has 1 aromatic rings. The van der Waals surface area contributed by atoms with Crippen molar-refractivity contribution in [2.45, 2.75) is 46.5 Å². The molecule has 0 heterocycles. The lowest BCUT2D eigenvalue weighted by Gasteiger charge is -2.33. The van der Waals surface area contributed by atoms with Crippen molar-refractivity contribution < 1.29 is 4.43 Å². The molecular weight excluding hydrogens is 236 g/mol. The first-order valence-electron chi connectivity index (χ1n) is 6.59. The summed E-state index contributed by atoms with van der Waals surface area (Å²) in [6.45, 7) is 13.4. The van der Waals surface area contributed by atoms with Gasteiger partial charge in [-0.2, -0.15) is 0 Å². The van der Waals surface area contributed by atoms with Gasteiger partial charge in [-0.15, -0.1) is 0 Å². The van der Waals surface area contributed by atoms with E-state index in [4.69, 9.17) is 4.43 Å².